The van der Waals surface area contributed by atoms with Gasteiger partial charge in [0, 0.05) is 65.9 Å². The van der Waals surface area contributed by atoms with Crippen molar-refractivity contribution in [2.24, 2.45) is 17.8 Å². The zero-order chi connectivity index (χ0) is 95.5. The Bertz CT molecular complexity index is 6590. The summed E-state index contributed by atoms with van der Waals surface area (Å²) < 4.78 is 87.7. The second-order valence-electron chi connectivity index (χ2n) is 41.2. The number of nitrogens with one attached hydrogen (secondary N) is 7. The van der Waals surface area contributed by atoms with Crippen molar-refractivity contribution >= 4 is 121 Å². The summed E-state index contributed by atoms with van der Waals surface area (Å²) in [7, 11) is -12.9. The van der Waals surface area contributed by atoms with E-state index in [0.717, 1.165) is 125 Å². The van der Waals surface area contributed by atoms with Crippen LogP contribution in [0.25, 0.3) is 32.7 Å². The lowest BCUT2D eigenvalue weighted by Crippen LogP contribution is -2.41. The Balaban J connectivity index is 0.000000161. The average molecular weight is 1880 g/mol. The first-order valence-corrected chi connectivity index (χ1v) is 50.3. The Morgan fingerprint density at radius 3 is 1.42 bits per heavy atom. The van der Waals surface area contributed by atoms with Crippen LogP contribution in [-0.2, 0) is 46.3 Å². The maximum Gasteiger partial charge on any atom is 0.281 e. The summed E-state index contributed by atoms with van der Waals surface area (Å²) in [6.07, 6.45) is 13.4. The molecule has 8 bridgehead atoms. The fourth-order valence-electron chi connectivity index (χ4n) is 18.9. The van der Waals surface area contributed by atoms with Gasteiger partial charge in [-0.25, -0.2) is 44.1 Å². The number of amides is 3. The standard InChI is InChI=1S/C34H41ClN6O3S.2C34H40N6O3S.H2/c1-21-9-7-10-23-17-25(31(35)40-30(21)23)32(42)41-45(43,44)29-12-8-11-28(39-29)38-26(14-13-22-19-34(5,6)37-20-22)27-18-24(15-16-36-27)33(2,3)4;2*1-21-9-7-10-23-17-25-31(38-30(21)23)40-20-22(19-34(40,5)6)13-14-26(27-18-24(15-16-35-27)33(2,3)4)36-28-11-8-12-29(37-28)44(42,43)39-32(25)41;/h7-12,15-18,22,26,37H,13-14,19-20H2,1-6H3,(H,38,39)(H,41,42);2*7-12,15-18,22,26H,13-14,19-20H2,1-6H3,(H,36,37)(H,39,41);1H/t3*22-,26?;/m000./s1. The molecule has 27 nitrogen and oxygen atoms in total. The number of rotatable bonds is 11. The molecule has 5 aliphatic rings. The summed E-state index contributed by atoms with van der Waals surface area (Å²) in [6, 6.07) is 48.2. The second-order valence-corrected chi connectivity index (χ2v) is 46.4. The molecule has 6 atom stereocenters. The number of hydrogen-bond acceptors (Lipinski definition) is 24. The van der Waals surface area contributed by atoms with E-state index in [-0.39, 0.29) is 89.3 Å². The Hall–Kier alpha value is -11.7. The molecule has 3 unspecified atom stereocenters. The van der Waals surface area contributed by atoms with Crippen molar-refractivity contribution in [3.8, 4) is 0 Å². The fraction of sp³-hybridized carbons (Fsp3) is 0.412. The van der Waals surface area contributed by atoms with Gasteiger partial charge in [0.05, 0.1) is 68.4 Å². The van der Waals surface area contributed by atoms with E-state index in [1.165, 1.54) is 35.4 Å². The van der Waals surface area contributed by atoms with Gasteiger partial charge < -0.3 is 31.1 Å². The molecule has 3 amide bonds. The lowest BCUT2D eigenvalue weighted by Gasteiger charge is -2.34. The first kappa shape index (κ1) is 95.9. The highest BCUT2D eigenvalue weighted by Gasteiger charge is 2.45. The van der Waals surface area contributed by atoms with Crippen molar-refractivity contribution in [3.63, 3.8) is 0 Å². The van der Waals surface area contributed by atoms with E-state index in [1.807, 2.05) is 106 Å². The molecule has 14 heterocycles. The third kappa shape index (κ3) is 21.9. The van der Waals surface area contributed by atoms with E-state index in [4.69, 9.17) is 36.5 Å². The van der Waals surface area contributed by atoms with Crippen molar-refractivity contribution in [3.05, 3.63) is 255 Å². The van der Waals surface area contributed by atoms with Crippen LogP contribution in [0.3, 0.4) is 0 Å². The van der Waals surface area contributed by atoms with E-state index in [1.54, 1.807) is 54.6 Å². The van der Waals surface area contributed by atoms with Crippen molar-refractivity contribution in [1.29, 1.82) is 0 Å². The van der Waals surface area contributed by atoms with Crippen molar-refractivity contribution in [2.75, 3.05) is 45.4 Å². The third-order valence-electron chi connectivity index (χ3n) is 26.1. The number of halogens is 1. The second kappa shape index (κ2) is 37.3. The van der Waals surface area contributed by atoms with Gasteiger partial charge in [0.2, 0.25) is 0 Å². The minimum Gasteiger partial charge on any atom is -0.362 e. The monoisotopic (exact) mass is 1870 g/mol. The largest absolute Gasteiger partial charge is 0.362 e. The zero-order valence-corrected chi connectivity index (χ0v) is 82.2. The lowest BCUT2D eigenvalue weighted by molar-refractivity contribution is 0.0972. The van der Waals surface area contributed by atoms with Gasteiger partial charge in [-0.1, -0.05) is 147 Å². The number of fused-ring (bicyclic) bond motifs is 15. The van der Waals surface area contributed by atoms with Gasteiger partial charge in [0.25, 0.3) is 47.8 Å². The summed E-state index contributed by atoms with van der Waals surface area (Å²) in [4.78, 5) is 87.0. The number of hydrogen-bond donors (Lipinski definition) is 7. The number of sulfonamides is 3. The van der Waals surface area contributed by atoms with Crippen molar-refractivity contribution in [1.82, 2.24) is 64.3 Å². The Labute approximate surface area is 787 Å². The molecular weight excluding hydrogens is 1750 g/mol. The quantitative estimate of drug-likeness (QED) is 0.0591. The zero-order valence-electron chi connectivity index (χ0n) is 79.0. The Morgan fingerprint density at radius 1 is 0.526 bits per heavy atom. The number of aromatic nitrogens is 9. The van der Waals surface area contributed by atoms with Crippen LogP contribution in [0, 0.1) is 38.5 Å². The maximum absolute atomic E-state index is 13.8. The SMILES string of the molecule is Cc1cccc2cc(C(=O)NS(=O)(=O)c3cccc(NC(CC[C@@H]4CNC(C)(C)C4)c4cc(C(C)(C)C)ccn4)n3)c(Cl)nc12.Cc1cccc2cc3c(nc12)N1C[C@@H](CCC(c2cc(C(C)(C)C)ccn2)Nc2cccc(n2)S(=O)(=O)NC3=O)CC1(C)C.Cc1cccc2cc3c(nc12)N1C[C@@H](CCC(c2cc(C(C)(C)C)ccn2)Nc2cccc(n2)S(=O)(=O)NC3=O)CC1(C)C.[HH]. The molecule has 17 rings (SSSR count). The molecule has 3 aromatic carbocycles. The number of pyridine rings is 9. The molecule has 9 aromatic heterocycles. The molecule has 0 radical (unpaired) electrons. The summed E-state index contributed by atoms with van der Waals surface area (Å²) in [5.41, 5.74) is 11.0. The van der Waals surface area contributed by atoms with Crippen LogP contribution in [0.15, 0.2) is 197 Å². The molecule has 3 fully saturated rings. The molecule has 31 heteroatoms. The lowest BCUT2D eigenvalue weighted by atomic mass is 9.86. The van der Waals surface area contributed by atoms with Crippen LogP contribution in [0.1, 0.15) is 263 Å². The van der Waals surface area contributed by atoms with Crippen molar-refractivity contribution < 1.29 is 41.1 Å². The van der Waals surface area contributed by atoms with Gasteiger partial charge in [0.15, 0.2) is 15.1 Å². The molecule has 133 heavy (non-hydrogen) atoms. The summed E-state index contributed by atoms with van der Waals surface area (Å²) in [6.45, 7) is 40.8. The molecule has 7 N–H and O–H groups in total. The first-order valence-electron chi connectivity index (χ1n) is 45.5. The Morgan fingerprint density at radius 2 is 0.962 bits per heavy atom. The predicted molar refractivity (Wildman–Crippen MR) is 528 cm³/mol. The van der Waals surface area contributed by atoms with Crippen LogP contribution in [-0.4, -0.2) is 124 Å². The summed E-state index contributed by atoms with van der Waals surface area (Å²) in [5.74, 6) is 0.977. The topological polar surface area (TPSA) is 360 Å². The molecule has 700 valence electrons. The van der Waals surface area contributed by atoms with Gasteiger partial charge in [-0.3, -0.25) is 29.3 Å². The van der Waals surface area contributed by atoms with Gasteiger partial charge in [-0.15, -0.1) is 0 Å². The molecule has 5 aliphatic heterocycles. The van der Waals surface area contributed by atoms with Gasteiger partial charge in [0.1, 0.15) is 34.2 Å². The molecule has 0 aliphatic carbocycles. The smallest absolute Gasteiger partial charge is 0.281 e. The molecular formula is C102H123ClN18O9S3. The van der Waals surface area contributed by atoms with Gasteiger partial charge in [-0.05, 0) is 285 Å². The highest BCUT2D eigenvalue weighted by molar-refractivity contribution is 7.90. The molecule has 0 spiro atoms. The number of anilines is 5. The number of benzene rings is 3. The highest BCUT2D eigenvalue weighted by Crippen LogP contribution is 2.46. The van der Waals surface area contributed by atoms with E-state index in [9.17, 15) is 39.6 Å². The first-order chi connectivity index (χ1) is 62.5. The van der Waals surface area contributed by atoms with Gasteiger partial charge in [-0.2, -0.15) is 25.3 Å². The number of aryl methyl sites for hydroxylation is 3. The summed E-state index contributed by atoms with van der Waals surface area (Å²) >= 11 is 6.31. The molecule has 12 aromatic rings. The Kier molecular flexibility index (Phi) is 26.9. The number of carbonyl (C=O) groups excluding carboxylic acids is 3. The predicted octanol–water partition coefficient (Wildman–Crippen LogP) is 19.6. The van der Waals surface area contributed by atoms with Gasteiger partial charge >= 0.3 is 0 Å². The number of carbonyl (C=O) groups is 3. The van der Waals surface area contributed by atoms with E-state index >= 15 is 0 Å². The van der Waals surface area contributed by atoms with E-state index in [0.29, 0.717) is 70.8 Å². The van der Waals surface area contributed by atoms with Crippen LogP contribution < -0.4 is 45.2 Å². The van der Waals surface area contributed by atoms with E-state index in [2.05, 4.69) is 187 Å². The van der Waals surface area contributed by atoms with Crippen LogP contribution in [0.2, 0.25) is 5.15 Å². The minimum atomic E-state index is -4.33. The average Bonchev–Trinajstić information content (AvgIpc) is 1.51. The minimum absolute atomic E-state index is 0. The van der Waals surface area contributed by atoms with Crippen molar-refractivity contribution in [2.45, 2.75) is 248 Å². The van der Waals surface area contributed by atoms with Crippen LogP contribution in [0.5, 0.6) is 0 Å². The van der Waals surface area contributed by atoms with Crippen LogP contribution in [0.4, 0.5) is 29.1 Å². The van der Waals surface area contributed by atoms with Crippen LogP contribution >= 0.6 is 11.6 Å². The third-order valence-corrected chi connectivity index (χ3v) is 30.1. The maximum atomic E-state index is 13.8. The number of para-hydroxylation sites is 3. The highest BCUT2D eigenvalue weighted by atomic mass is 35.5. The normalized spacial score (nSPS) is 20.1. The summed E-state index contributed by atoms with van der Waals surface area (Å²) in [5, 5.41) is 15.4. The number of nitrogens with zero attached hydrogens (tertiary/aromatic N) is 11. The fourth-order valence-corrected chi connectivity index (χ4v) is 21.9. The molecule has 0 saturated carbocycles. The molecule has 3 saturated heterocycles. The van der Waals surface area contributed by atoms with E-state index < -0.39 is 47.8 Å².